The summed E-state index contributed by atoms with van der Waals surface area (Å²) in [7, 11) is 0. The number of amides is 1. The second-order valence-corrected chi connectivity index (χ2v) is 4.01. The molecule has 1 aromatic carbocycles. The summed E-state index contributed by atoms with van der Waals surface area (Å²) in [5.41, 5.74) is -0.765. The van der Waals surface area contributed by atoms with E-state index in [9.17, 15) is 19.3 Å². The first-order valence-corrected chi connectivity index (χ1v) is 5.85. The SMILES string of the molecule is CCC(CCO)NC(=O)c1cc(F)ccc1[N+](=O)[O-]. The van der Waals surface area contributed by atoms with E-state index in [1.54, 1.807) is 6.92 Å². The molecule has 0 radical (unpaired) electrons. The lowest BCUT2D eigenvalue weighted by atomic mass is 10.1. The zero-order valence-electron chi connectivity index (χ0n) is 10.4. The second kappa shape index (κ2) is 6.79. The largest absolute Gasteiger partial charge is 0.396 e. The van der Waals surface area contributed by atoms with E-state index in [2.05, 4.69) is 5.32 Å². The molecule has 0 aliphatic heterocycles. The molecule has 1 atom stereocenters. The summed E-state index contributed by atoms with van der Waals surface area (Å²) < 4.78 is 13.1. The minimum atomic E-state index is -0.735. The van der Waals surface area contributed by atoms with Gasteiger partial charge in [0.15, 0.2) is 0 Å². The highest BCUT2D eigenvalue weighted by atomic mass is 19.1. The third-order valence-electron chi connectivity index (χ3n) is 2.71. The lowest BCUT2D eigenvalue weighted by Gasteiger charge is -2.15. The van der Waals surface area contributed by atoms with Gasteiger partial charge in [0.1, 0.15) is 11.4 Å². The Bertz CT molecular complexity index is 479. The fraction of sp³-hybridized carbons (Fsp3) is 0.417. The molecule has 104 valence electrons. The number of aliphatic hydroxyl groups is 1. The van der Waals surface area contributed by atoms with E-state index in [4.69, 9.17) is 5.11 Å². The smallest absolute Gasteiger partial charge is 0.282 e. The molecule has 0 saturated carbocycles. The van der Waals surface area contributed by atoms with Gasteiger partial charge in [-0.25, -0.2) is 4.39 Å². The van der Waals surface area contributed by atoms with Crippen molar-refractivity contribution in [2.45, 2.75) is 25.8 Å². The highest BCUT2D eigenvalue weighted by Crippen LogP contribution is 2.19. The van der Waals surface area contributed by atoms with Gasteiger partial charge in [-0.2, -0.15) is 0 Å². The summed E-state index contributed by atoms with van der Waals surface area (Å²) in [4.78, 5) is 21.9. The molecule has 1 aromatic rings. The number of hydrogen-bond acceptors (Lipinski definition) is 4. The first kappa shape index (κ1) is 15.0. The summed E-state index contributed by atoms with van der Waals surface area (Å²) in [5.74, 6) is -1.43. The summed E-state index contributed by atoms with van der Waals surface area (Å²) in [6, 6.07) is 2.41. The van der Waals surface area contributed by atoms with E-state index in [1.165, 1.54) is 0 Å². The molecule has 0 bridgehead atoms. The molecule has 0 spiro atoms. The molecule has 1 amide bonds. The number of hydrogen-bond donors (Lipinski definition) is 2. The molecule has 0 aromatic heterocycles. The minimum absolute atomic E-state index is 0.107. The molecular weight excluding hydrogens is 255 g/mol. The first-order valence-electron chi connectivity index (χ1n) is 5.85. The first-order chi connectivity index (χ1) is 8.99. The van der Waals surface area contributed by atoms with Crippen molar-refractivity contribution in [2.24, 2.45) is 0 Å². The Hall–Kier alpha value is -2.02. The van der Waals surface area contributed by atoms with Crippen LogP contribution in [0.1, 0.15) is 30.1 Å². The number of nitrogens with zero attached hydrogens (tertiary/aromatic N) is 1. The average Bonchev–Trinajstić information content (AvgIpc) is 2.37. The fourth-order valence-electron chi connectivity index (χ4n) is 1.65. The maximum Gasteiger partial charge on any atom is 0.282 e. The maximum atomic E-state index is 13.1. The van der Waals surface area contributed by atoms with Crippen molar-refractivity contribution in [2.75, 3.05) is 6.61 Å². The van der Waals surface area contributed by atoms with Crippen molar-refractivity contribution in [3.8, 4) is 0 Å². The predicted octanol–water partition coefficient (Wildman–Crippen LogP) is 1.62. The van der Waals surface area contributed by atoms with E-state index >= 15 is 0 Å². The standard InChI is InChI=1S/C12H15FN2O4/c1-2-9(5-6-16)14-12(17)10-7-8(13)3-4-11(10)15(18)19/h3-4,7,9,16H,2,5-6H2,1H3,(H,14,17). The van der Waals surface area contributed by atoms with E-state index in [-0.39, 0.29) is 18.2 Å². The number of nitro benzene ring substituents is 1. The van der Waals surface area contributed by atoms with Crippen LogP contribution in [0.4, 0.5) is 10.1 Å². The van der Waals surface area contributed by atoms with Crippen LogP contribution in [0.5, 0.6) is 0 Å². The Balaban J connectivity index is 2.98. The third-order valence-corrected chi connectivity index (χ3v) is 2.71. The topological polar surface area (TPSA) is 92.5 Å². The van der Waals surface area contributed by atoms with Gasteiger partial charge < -0.3 is 10.4 Å². The van der Waals surface area contributed by atoms with Gasteiger partial charge in [-0.3, -0.25) is 14.9 Å². The Labute approximate surface area is 109 Å². The number of carbonyl (C=O) groups excluding carboxylic acids is 1. The molecule has 0 aliphatic carbocycles. The summed E-state index contributed by atoms with van der Waals surface area (Å²) >= 11 is 0. The van der Waals surface area contributed by atoms with Crippen molar-refractivity contribution in [3.05, 3.63) is 39.7 Å². The highest BCUT2D eigenvalue weighted by Gasteiger charge is 2.22. The molecule has 0 aliphatic rings. The van der Waals surface area contributed by atoms with Crippen LogP contribution in [0.25, 0.3) is 0 Å². The molecule has 0 fully saturated rings. The molecule has 7 heteroatoms. The molecule has 0 heterocycles. The highest BCUT2D eigenvalue weighted by molar-refractivity contribution is 5.98. The zero-order valence-corrected chi connectivity index (χ0v) is 10.4. The van der Waals surface area contributed by atoms with Gasteiger partial charge in [0.05, 0.1) is 4.92 Å². The van der Waals surface area contributed by atoms with Crippen LogP contribution in [-0.4, -0.2) is 28.6 Å². The number of carbonyl (C=O) groups is 1. The van der Waals surface area contributed by atoms with Crippen LogP contribution in [-0.2, 0) is 0 Å². The normalized spacial score (nSPS) is 11.9. The molecule has 19 heavy (non-hydrogen) atoms. The molecule has 0 saturated heterocycles. The number of nitro groups is 1. The summed E-state index contributed by atoms with van der Waals surface area (Å²) in [6.07, 6.45) is 0.904. The number of nitrogens with one attached hydrogen (secondary N) is 1. The minimum Gasteiger partial charge on any atom is -0.396 e. The zero-order chi connectivity index (χ0) is 14.4. The van der Waals surface area contributed by atoms with Crippen molar-refractivity contribution in [1.82, 2.24) is 5.32 Å². The lowest BCUT2D eigenvalue weighted by Crippen LogP contribution is -2.35. The van der Waals surface area contributed by atoms with Crippen LogP contribution in [0.3, 0.4) is 0 Å². The molecular formula is C12H15FN2O4. The van der Waals surface area contributed by atoms with Crippen LogP contribution >= 0.6 is 0 Å². The predicted molar refractivity (Wildman–Crippen MR) is 66.3 cm³/mol. The Morgan fingerprint density at radius 3 is 2.79 bits per heavy atom. The van der Waals surface area contributed by atoms with Crippen LogP contribution < -0.4 is 5.32 Å². The van der Waals surface area contributed by atoms with Crippen LogP contribution in [0.2, 0.25) is 0 Å². The summed E-state index contributed by atoms with van der Waals surface area (Å²) in [5, 5.41) is 22.1. The van der Waals surface area contributed by atoms with Gasteiger partial charge in [-0.1, -0.05) is 6.92 Å². The quantitative estimate of drug-likeness (QED) is 0.607. The van der Waals surface area contributed by atoms with Crippen molar-refractivity contribution < 1.29 is 19.2 Å². The molecule has 1 unspecified atom stereocenters. The Morgan fingerprint density at radius 1 is 1.58 bits per heavy atom. The van der Waals surface area contributed by atoms with Crippen LogP contribution in [0, 0.1) is 15.9 Å². The van der Waals surface area contributed by atoms with Gasteiger partial charge in [-0.05, 0) is 25.0 Å². The number of rotatable bonds is 6. The second-order valence-electron chi connectivity index (χ2n) is 4.01. The maximum absolute atomic E-state index is 13.1. The number of aliphatic hydroxyl groups excluding tert-OH is 1. The number of halogens is 1. The van der Waals surface area contributed by atoms with Crippen molar-refractivity contribution >= 4 is 11.6 Å². The molecule has 6 nitrogen and oxygen atoms in total. The molecule has 2 N–H and O–H groups in total. The van der Waals surface area contributed by atoms with Gasteiger partial charge in [0.2, 0.25) is 0 Å². The number of benzene rings is 1. The lowest BCUT2D eigenvalue weighted by molar-refractivity contribution is -0.385. The van der Waals surface area contributed by atoms with E-state index in [0.29, 0.717) is 12.8 Å². The van der Waals surface area contributed by atoms with Crippen molar-refractivity contribution in [1.29, 1.82) is 0 Å². The third kappa shape index (κ3) is 3.99. The molecule has 1 rings (SSSR count). The average molecular weight is 270 g/mol. The van der Waals surface area contributed by atoms with Crippen LogP contribution in [0.15, 0.2) is 18.2 Å². The van der Waals surface area contributed by atoms with E-state index in [1.807, 2.05) is 0 Å². The Kier molecular flexibility index (Phi) is 5.37. The van der Waals surface area contributed by atoms with E-state index < -0.39 is 22.3 Å². The fourth-order valence-corrected chi connectivity index (χ4v) is 1.65. The van der Waals surface area contributed by atoms with Gasteiger partial charge >= 0.3 is 0 Å². The summed E-state index contributed by atoms with van der Waals surface area (Å²) in [6.45, 7) is 1.70. The van der Waals surface area contributed by atoms with E-state index in [0.717, 1.165) is 18.2 Å². The van der Waals surface area contributed by atoms with Crippen molar-refractivity contribution in [3.63, 3.8) is 0 Å². The monoisotopic (exact) mass is 270 g/mol. The van der Waals surface area contributed by atoms with Gasteiger partial charge in [-0.15, -0.1) is 0 Å². The van der Waals surface area contributed by atoms with Gasteiger partial charge in [0, 0.05) is 18.7 Å². The Morgan fingerprint density at radius 2 is 2.26 bits per heavy atom. The van der Waals surface area contributed by atoms with Gasteiger partial charge in [0.25, 0.3) is 11.6 Å².